The van der Waals surface area contributed by atoms with Gasteiger partial charge in [-0.3, -0.25) is 14.5 Å². The fourth-order valence-corrected chi connectivity index (χ4v) is 11.9. The number of quaternary nitrogens is 1. The van der Waals surface area contributed by atoms with Crippen molar-refractivity contribution in [2.24, 2.45) is 34.5 Å². The first-order valence-corrected chi connectivity index (χ1v) is 17.2. The van der Waals surface area contributed by atoms with Crippen LogP contribution in [-0.2, 0) is 19.1 Å². The summed E-state index contributed by atoms with van der Waals surface area (Å²) in [6, 6.07) is 0.590. The van der Waals surface area contributed by atoms with E-state index in [1.165, 1.54) is 45.2 Å². The molecule has 7 nitrogen and oxygen atoms in total. The molecule has 6 rings (SSSR count). The van der Waals surface area contributed by atoms with E-state index in [9.17, 15) is 14.7 Å². The number of fused-ring (bicyclic) bond motifs is 5. The minimum atomic E-state index is -0.210. The standard InChI is InChI=1S/C35H57N2O5.BrH/c1-6-17-37(18-7-8-19-37)31-21-29-27-10-9-25-20-32(41-23(2)38)30(36-15-12-26(40)13-16-36)22-35(25,5)28(27)11-14-34(29,4)33(31)42-24(3)39;/h6,25-33,40H,1,7-22H2,2-5H3;1H/q+1;/p-1/t25-,27+,28-,29-,30-,31-,32-,33-,34-,35-;/m0./s1. The van der Waals surface area contributed by atoms with E-state index in [0.717, 1.165) is 62.6 Å². The van der Waals surface area contributed by atoms with Gasteiger partial charge in [0.25, 0.3) is 0 Å². The number of carbonyl (C=O) groups excluding carboxylic acids is 2. The average molecular weight is 666 g/mol. The first-order chi connectivity index (χ1) is 20.0. The fraction of sp³-hybridized carbons (Fsp3) is 0.886. The molecule has 0 amide bonds. The van der Waals surface area contributed by atoms with Gasteiger partial charge in [0.1, 0.15) is 12.1 Å². The van der Waals surface area contributed by atoms with E-state index in [1.807, 2.05) is 0 Å². The zero-order valence-corrected chi connectivity index (χ0v) is 28.7. The molecule has 2 aliphatic heterocycles. The van der Waals surface area contributed by atoms with Crippen molar-refractivity contribution in [3.63, 3.8) is 0 Å². The smallest absolute Gasteiger partial charge is 0.303 e. The minimum absolute atomic E-state index is 0. The van der Waals surface area contributed by atoms with Crippen LogP contribution in [-0.4, -0.2) is 89.5 Å². The first kappa shape index (κ1) is 33.4. The maximum absolute atomic E-state index is 12.6. The zero-order chi connectivity index (χ0) is 29.9. The van der Waals surface area contributed by atoms with Crippen LogP contribution in [0.25, 0.3) is 0 Å². The second-order valence-electron chi connectivity index (χ2n) is 15.8. The Kier molecular flexibility index (Phi) is 9.85. The highest BCUT2D eigenvalue weighted by Gasteiger charge is 2.67. The lowest BCUT2D eigenvalue weighted by atomic mass is 9.44. The normalized spacial score (nSPS) is 44.3. The molecule has 0 unspecified atom stereocenters. The third-order valence-electron chi connectivity index (χ3n) is 13.8. The predicted octanol–water partition coefficient (Wildman–Crippen LogP) is 2.11. The van der Waals surface area contributed by atoms with Gasteiger partial charge < -0.3 is 36.0 Å². The van der Waals surface area contributed by atoms with E-state index in [4.69, 9.17) is 9.47 Å². The maximum atomic E-state index is 12.6. The van der Waals surface area contributed by atoms with Crippen LogP contribution < -0.4 is 17.0 Å². The van der Waals surface area contributed by atoms with Crippen molar-refractivity contribution in [1.82, 2.24) is 4.90 Å². The molecule has 0 radical (unpaired) electrons. The number of rotatable bonds is 6. The van der Waals surface area contributed by atoms with E-state index in [0.29, 0.717) is 29.7 Å². The van der Waals surface area contributed by atoms with Crippen molar-refractivity contribution >= 4 is 11.9 Å². The van der Waals surface area contributed by atoms with Gasteiger partial charge in [-0.1, -0.05) is 20.4 Å². The highest BCUT2D eigenvalue weighted by atomic mass is 79.9. The van der Waals surface area contributed by atoms with Crippen molar-refractivity contribution in [2.75, 3.05) is 32.7 Å². The highest BCUT2D eigenvalue weighted by molar-refractivity contribution is 5.66. The van der Waals surface area contributed by atoms with Crippen LogP contribution >= 0.6 is 0 Å². The van der Waals surface area contributed by atoms with Gasteiger partial charge in [-0.25, -0.2) is 0 Å². The summed E-state index contributed by atoms with van der Waals surface area (Å²) < 4.78 is 13.5. The lowest BCUT2D eigenvalue weighted by Crippen LogP contribution is -3.00. The molecule has 6 fully saturated rings. The van der Waals surface area contributed by atoms with E-state index in [1.54, 1.807) is 13.8 Å². The van der Waals surface area contributed by atoms with Crippen LogP contribution in [0.3, 0.4) is 0 Å². The van der Waals surface area contributed by atoms with Gasteiger partial charge in [-0.15, -0.1) is 0 Å². The number of hydrogen-bond donors (Lipinski definition) is 1. The summed E-state index contributed by atoms with van der Waals surface area (Å²) in [6.07, 6.45) is 13.9. The predicted molar refractivity (Wildman–Crippen MR) is 162 cm³/mol. The molecular formula is C35H57BrN2O5. The summed E-state index contributed by atoms with van der Waals surface area (Å²) in [5.41, 5.74) is 0.227. The molecule has 6 aliphatic rings. The molecule has 8 heteroatoms. The molecule has 43 heavy (non-hydrogen) atoms. The molecular weight excluding hydrogens is 608 g/mol. The molecule has 0 bridgehead atoms. The largest absolute Gasteiger partial charge is 1.00 e. The molecule has 2 saturated heterocycles. The molecule has 4 aliphatic carbocycles. The average Bonchev–Trinajstić information content (AvgIpc) is 3.52. The number of ether oxygens (including phenoxy) is 2. The van der Waals surface area contributed by atoms with Crippen LogP contribution in [0, 0.1) is 34.5 Å². The van der Waals surface area contributed by atoms with Crippen LogP contribution in [0.5, 0.6) is 0 Å². The molecule has 10 atom stereocenters. The van der Waals surface area contributed by atoms with Gasteiger partial charge in [0.2, 0.25) is 0 Å². The van der Waals surface area contributed by atoms with Gasteiger partial charge in [0, 0.05) is 57.7 Å². The molecule has 2 heterocycles. The van der Waals surface area contributed by atoms with Crippen LogP contribution in [0.1, 0.15) is 98.3 Å². The Morgan fingerprint density at radius 1 is 0.953 bits per heavy atom. The lowest BCUT2D eigenvalue weighted by Gasteiger charge is -2.62. The molecule has 4 saturated carbocycles. The Morgan fingerprint density at radius 3 is 2.26 bits per heavy atom. The topological polar surface area (TPSA) is 76.1 Å². The monoisotopic (exact) mass is 664 g/mol. The third-order valence-corrected chi connectivity index (χ3v) is 13.8. The maximum Gasteiger partial charge on any atom is 0.303 e. The summed E-state index contributed by atoms with van der Waals surface area (Å²) in [4.78, 5) is 27.3. The number of esters is 2. The number of likely N-dealkylation sites (tertiary alicyclic amines) is 2. The lowest BCUT2D eigenvalue weighted by molar-refractivity contribution is -0.937. The molecule has 0 aromatic heterocycles. The van der Waals surface area contributed by atoms with Gasteiger partial charge in [0.05, 0.1) is 25.7 Å². The second-order valence-corrected chi connectivity index (χ2v) is 15.8. The van der Waals surface area contributed by atoms with Crippen LogP contribution in [0.2, 0.25) is 0 Å². The summed E-state index contributed by atoms with van der Waals surface area (Å²) in [7, 11) is 0. The van der Waals surface area contributed by atoms with Crippen molar-refractivity contribution in [3.8, 4) is 0 Å². The number of hydrogen-bond acceptors (Lipinski definition) is 6. The van der Waals surface area contributed by atoms with Crippen molar-refractivity contribution in [1.29, 1.82) is 0 Å². The zero-order valence-electron chi connectivity index (χ0n) is 27.1. The molecule has 1 N–H and O–H groups in total. The number of nitrogens with zero attached hydrogens (tertiary/aromatic N) is 2. The minimum Gasteiger partial charge on any atom is -1.00 e. The molecule has 0 aromatic rings. The van der Waals surface area contributed by atoms with Crippen molar-refractivity contribution in [2.45, 2.75) is 129 Å². The Labute approximate surface area is 270 Å². The number of aliphatic hydroxyl groups excluding tert-OH is 1. The Hall–Kier alpha value is -0.960. The summed E-state index contributed by atoms with van der Waals surface area (Å²) >= 11 is 0. The van der Waals surface area contributed by atoms with E-state index < -0.39 is 0 Å². The summed E-state index contributed by atoms with van der Waals surface area (Å²) in [5.74, 6) is 2.14. The van der Waals surface area contributed by atoms with Crippen LogP contribution in [0.4, 0.5) is 0 Å². The second kappa shape index (κ2) is 12.7. The molecule has 0 spiro atoms. The fourth-order valence-electron chi connectivity index (χ4n) is 11.9. The van der Waals surface area contributed by atoms with Gasteiger partial charge >= 0.3 is 11.9 Å². The van der Waals surface area contributed by atoms with Gasteiger partial charge in [-0.2, -0.15) is 0 Å². The van der Waals surface area contributed by atoms with Gasteiger partial charge in [-0.05, 0) is 86.5 Å². The van der Waals surface area contributed by atoms with E-state index in [2.05, 4.69) is 31.4 Å². The Morgan fingerprint density at radius 2 is 1.63 bits per heavy atom. The van der Waals surface area contributed by atoms with E-state index >= 15 is 0 Å². The quantitative estimate of drug-likeness (QED) is 0.266. The van der Waals surface area contributed by atoms with Gasteiger partial charge in [0.15, 0.2) is 6.10 Å². The van der Waals surface area contributed by atoms with Crippen molar-refractivity contribution in [3.05, 3.63) is 12.7 Å². The Balaban J connectivity index is 0.00000368. The highest BCUT2D eigenvalue weighted by Crippen LogP contribution is 2.68. The van der Waals surface area contributed by atoms with E-state index in [-0.39, 0.29) is 64.1 Å². The first-order valence-electron chi connectivity index (χ1n) is 17.2. The number of piperidine rings is 1. The Bertz CT molecular complexity index is 1040. The third kappa shape index (κ3) is 5.78. The summed E-state index contributed by atoms with van der Waals surface area (Å²) in [5, 5.41) is 10.2. The SMILES string of the molecule is C=CC[N+]1([C@H]2C[C@H]3[C@@H]4CC[C@H]5C[C@H](OC(C)=O)[C@@H](N6CCC(O)CC6)C[C@]5(C)[C@H]4CC[C@]3(C)[C@H]2OC(C)=O)CCCC1.[Br-]. The van der Waals surface area contributed by atoms with Crippen LogP contribution in [0.15, 0.2) is 12.7 Å². The summed E-state index contributed by atoms with van der Waals surface area (Å²) in [6.45, 7) is 17.5. The number of aliphatic hydroxyl groups is 1. The molecule has 0 aromatic carbocycles. The molecule has 244 valence electrons. The van der Waals surface area contributed by atoms with Crippen molar-refractivity contribution < 1.29 is 45.6 Å². The number of halogens is 1. The number of carbonyl (C=O) groups is 2.